The Labute approximate surface area is 81.3 Å². The van der Waals surface area contributed by atoms with Crippen LogP contribution < -0.4 is 0 Å². The SMILES string of the molecule is C=CCO[SiH](OC(=C)C)OC(=C)C. The minimum absolute atomic E-state index is 0.414. The second kappa shape index (κ2) is 6.51. The van der Waals surface area contributed by atoms with Gasteiger partial charge in [-0.2, -0.15) is 0 Å². The maximum Gasteiger partial charge on any atom is 0.615 e. The summed E-state index contributed by atoms with van der Waals surface area (Å²) in [5.41, 5.74) is 0. The van der Waals surface area contributed by atoms with Crippen LogP contribution in [0.2, 0.25) is 0 Å². The van der Waals surface area contributed by atoms with Crippen LogP contribution in [0.1, 0.15) is 13.8 Å². The molecule has 0 unspecified atom stereocenters. The highest BCUT2D eigenvalue weighted by atomic mass is 28.3. The lowest BCUT2D eigenvalue weighted by atomic mass is 10.7. The molecule has 0 aliphatic carbocycles. The molecule has 0 bridgehead atoms. The highest BCUT2D eigenvalue weighted by Crippen LogP contribution is 2.03. The number of rotatable bonds is 7. The summed E-state index contributed by atoms with van der Waals surface area (Å²) in [6, 6.07) is 0. The van der Waals surface area contributed by atoms with Crippen molar-refractivity contribution >= 4 is 9.53 Å². The average Bonchev–Trinajstić information content (AvgIpc) is 1.98. The van der Waals surface area contributed by atoms with Crippen LogP contribution in [-0.2, 0) is 13.3 Å². The summed E-state index contributed by atoms with van der Waals surface area (Å²) in [5, 5.41) is 0. The number of allylic oxidation sites excluding steroid dienone is 2. The third kappa shape index (κ3) is 7.36. The Morgan fingerprint density at radius 2 is 1.69 bits per heavy atom. The molecule has 0 fully saturated rings. The van der Waals surface area contributed by atoms with E-state index in [1.807, 2.05) is 0 Å². The molecule has 0 saturated heterocycles. The molecule has 0 aliphatic heterocycles. The van der Waals surface area contributed by atoms with Gasteiger partial charge in [0.05, 0.1) is 18.1 Å². The number of hydrogen-bond acceptors (Lipinski definition) is 3. The molecule has 4 heteroatoms. The summed E-state index contributed by atoms with van der Waals surface area (Å²) in [6.45, 7) is 14.7. The summed E-state index contributed by atoms with van der Waals surface area (Å²) in [6.07, 6.45) is 1.64. The first-order chi connectivity index (χ1) is 6.06. The Bertz CT molecular complexity index is 185. The molecule has 3 nitrogen and oxygen atoms in total. The Morgan fingerprint density at radius 3 is 2.00 bits per heavy atom. The van der Waals surface area contributed by atoms with Gasteiger partial charge in [-0.25, -0.2) is 0 Å². The summed E-state index contributed by atoms with van der Waals surface area (Å²) >= 11 is 0. The van der Waals surface area contributed by atoms with Gasteiger partial charge in [0, 0.05) is 0 Å². The van der Waals surface area contributed by atoms with Gasteiger partial charge in [0.2, 0.25) is 0 Å². The first-order valence-electron chi connectivity index (χ1n) is 3.93. The molecule has 0 saturated carbocycles. The van der Waals surface area contributed by atoms with Crippen molar-refractivity contribution in [1.29, 1.82) is 0 Å². The Hall–Kier alpha value is -1.00. The molecular weight excluding hydrogens is 184 g/mol. The van der Waals surface area contributed by atoms with Gasteiger partial charge < -0.3 is 13.3 Å². The van der Waals surface area contributed by atoms with E-state index in [4.69, 9.17) is 13.3 Å². The van der Waals surface area contributed by atoms with Crippen LogP contribution in [0.15, 0.2) is 37.3 Å². The van der Waals surface area contributed by atoms with Crippen molar-refractivity contribution in [3.8, 4) is 0 Å². The van der Waals surface area contributed by atoms with Crippen molar-refractivity contribution in [2.45, 2.75) is 13.8 Å². The van der Waals surface area contributed by atoms with E-state index in [1.54, 1.807) is 19.9 Å². The van der Waals surface area contributed by atoms with Crippen molar-refractivity contribution in [2.24, 2.45) is 0 Å². The second-order valence-electron chi connectivity index (χ2n) is 2.55. The molecule has 0 spiro atoms. The molecule has 0 N–H and O–H groups in total. The lowest BCUT2D eigenvalue weighted by Crippen LogP contribution is -2.25. The normalized spacial score (nSPS) is 9.46. The van der Waals surface area contributed by atoms with E-state index in [0.29, 0.717) is 18.1 Å². The first kappa shape index (κ1) is 12.0. The molecule has 0 amide bonds. The van der Waals surface area contributed by atoms with E-state index < -0.39 is 9.53 Å². The van der Waals surface area contributed by atoms with Gasteiger partial charge in [-0.1, -0.05) is 19.2 Å². The van der Waals surface area contributed by atoms with E-state index in [0.717, 1.165) is 0 Å². The summed E-state index contributed by atoms with van der Waals surface area (Å²) < 4.78 is 15.8. The van der Waals surface area contributed by atoms with E-state index in [9.17, 15) is 0 Å². The Morgan fingerprint density at radius 1 is 1.23 bits per heavy atom. The minimum Gasteiger partial charge on any atom is -0.499 e. The van der Waals surface area contributed by atoms with Gasteiger partial charge in [0.25, 0.3) is 0 Å². The van der Waals surface area contributed by atoms with Gasteiger partial charge in [-0.05, 0) is 13.8 Å². The van der Waals surface area contributed by atoms with Crippen molar-refractivity contribution in [2.75, 3.05) is 6.61 Å². The monoisotopic (exact) mass is 200 g/mol. The zero-order chi connectivity index (χ0) is 10.3. The largest absolute Gasteiger partial charge is 0.615 e. The molecule has 13 heavy (non-hydrogen) atoms. The van der Waals surface area contributed by atoms with Crippen molar-refractivity contribution in [3.63, 3.8) is 0 Å². The zero-order valence-corrected chi connectivity index (χ0v) is 9.36. The predicted molar refractivity (Wildman–Crippen MR) is 55.1 cm³/mol. The zero-order valence-electron chi connectivity index (χ0n) is 8.21. The molecule has 0 aromatic carbocycles. The highest BCUT2D eigenvalue weighted by molar-refractivity contribution is 6.37. The van der Waals surface area contributed by atoms with Crippen LogP contribution in [0.25, 0.3) is 0 Å². The standard InChI is InChI=1S/C9H16O3Si/c1-6-7-10-13(11-8(2)3)12-9(4)5/h6,13H,1-2,4,7H2,3,5H3. The van der Waals surface area contributed by atoms with E-state index >= 15 is 0 Å². The molecule has 0 radical (unpaired) electrons. The van der Waals surface area contributed by atoms with Gasteiger partial charge in [0.1, 0.15) is 0 Å². The highest BCUT2D eigenvalue weighted by Gasteiger charge is 2.17. The van der Waals surface area contributed by atoms with E-state index in [-0.39, 0.29) is 0 Å². The third-order valence-corrected chi connectivity index (χ3v) is 2.60. The molecule has 0 atom stereocenters. The number of hydrogen-bond donors (Lipinski definition) is 0. The first-order valence-corrected chi connectivity index (χ1v) is 5.34. The van der Waals surface area contributed by atoms with Crippen LogP contribution in [-0.4, -0.2) is 16.1 Å². The van der Waals surface area contributed by atoms with Crippen LogP contribution in [0.5, 0.6) is 0 Å². The summed E-state index contributed by atoms with van der Waals surface area (Å²) in [7, 11) is -2.14. The van der Waals surface area contributed by atoms with Crippen molar-refractivity contribution < 1.29 is 13.3 Å². The average molecular weight is 200 g/mol. The van der Waals surface area contributed by atoms with E-state index in [2.05, 4.69) is 19.7 Å². The predicted octanol–water partition coefficient (Wildman–Crippen LogP) is 2.01. The Kier molecular flexibility index (Phi) is 6.00. The maximum absolute atomic E-state index is 5.27. The van der Waals surface area contributed by atoms with Crippen LogP contribution >= 0.6 is 0 Å². The van der Waals surface area contributed by atoms with Gasteiger partial charge in [0.15, 0.2) is 0 Å². The lowest BCUT2D eigenvalue weighted by molar-refractivity contribution is 0.161. The van der Waals surface area contributed by atoms with Crippen molar-refractivity contribution in [1.82, 2.24) is 0 Å². The van der Waals surface area contributed by atoms with Crippen LogP contribution in [0, 0.1) is 0 Å². The van der Waals surface area contributed by atoms with Gasteiger partial charge in [-0.3, -0.25) is 0 Å². The fourth-order valence-corrected chi connectivity index (χ4v) is 1.70. The van der Waals surface area contributed by atoms with Gasteiger partial charge in [-0.15, -0.1) is 6.58 Å². The molecule has 0 rings (SSSR count). The van der Waals surface area contributed by atoms with Crippen LogP contribution in [0.3, 0.4) is 0 Å². The van der Waals surface area contributed by atoms with E-state index in [1.165, 1.54) is 0 Å². The second-order valence-corrected chi connectivity index (χ2v) is 3.93. The molecule has 74 valence electrons. The fraction of sp³-hybridized carbons (Fsp3) is 0.333. The Balaban J connectivity index is 3.93. The molecule has 0 aromatic rings. The third-order valence-electron chi connectivity index (χ3n) is 0.945. The molecule has 0 aliphatic rings. The molecule has 0 aromatic heterocycles. The van der Waals surface area contributed by atoms with Gasteiger partial charge >= 0.3 is 9.53 Å². The quantitative estimate of drug-likeness (QED) is 0.357. The minimum atomic E-state index is -2.14. The maximum atomic E-state index is 5.27. The smallest absolute Gasteiger partial charge is 0.499 e. The molecular formula is C9H16O3Si. The summed E-state index contributed by atoms with van der Waals surface area (Å²) in [4.78, 5) is 0. The molecule has 0 heterocycles. The van der Waals surface area contributed by atoms with Crippen molar-refractivity contribution in [3.05, 3.63) is 37.3 Å². The van der Waals surface area contributed by atoms with Crippen LogP contribution in [0.4, 0.5) is 0 Å². The summed E-state index contributed by atoms with van der Waals surface area (Å²) in [5.74, 6) is 1.17. The topological polar surface area (TPSA) is 27.7 Å². The lowest BCUT2D eigenvalue weighted by Gasteiger charge is -2.17. The fourth-order valence-electron chi connectivity index (χ4n) is 0.567.